The zero-order valence-corrected chi connectivity index (χ0v) is 26.7. The van der Waals surface area contributed by atoms with Crippen molar-refractivity contribution in [2.75, 3.05) is 38.1 Å². The van der Waals surface area contributed by atoms with Gasteiger partial charge in [-0.05, 0) is 99.3 Å². The van der Waals surface area contributed by atoms with Gasteiger partial charge in [0.25, 0.3) is 10.0 Å². The topological polar surface area (TPSA) is 90.0 Å². The number of halogens is 2. The van der Waals surface area contributed by atoms with Crippen molar-refractivity contribution in [2.24, 2.45) is 5.92 Å². The highest BCUT2D eigenvalue weighted by atomic mass is 35.5. The molecule has 1 aliphatic heterocycles. The van der Waals surface area contributed by atoms with Gasteiger partial charge >= 0.3 is 0 Å². The Morgan fingerprint density at radius 2 is 1.77 bits per heavy atom. The number of rotatable bonds is 11. The summed E-state index contributed by atoms with van der Waals surface area (Å²) in [5.41, 5.74) is 1.79. The normalized spacial score (nSPS) is 14.5. The minimum Gasteiger partial charge on any atom is -0.493 e. The van der Waals surface area contributed by atoms with E-state index in [-0.39, 0.29) is 14.9 Å². The summed E-state index contributed by atoms with van der Waals surface area (Å²) >= 11 is 12.1. The average molecular weight is 645 g/mol. The van der Waals surface area contributed by atoms with Crippen LogP contribution in [-0.2, 0) is 10.0 Å². The molecule has 43 heavy (non-hydrogen) atoms. The molecule has 0 spiro atoms. The summed E-state index contributed by atoms with van der Waals surface area (Å²) in [5.74, 6) is 3.19. The lowest BCUT2D eigenvalue weighted by atomic mass is 9.99. The van der Waals surface area contributed by atoms with E-state index in [4.69, 9.17) is 37.4 Å². The summed E-state index contributed by atoms with van der Waals surface area (Å²) in [6, 6.07) is 14.8. The van der Waals surface area contributed by atoms with E-state index in [0.29, 0.717) is 40.8 Å². The number of hydrogen-bond donors (Lipinski definition) is 1. The number of hydrogen-bond acceptors (Lipinski definition) is 7. The Kier molecular flexibility index (Phi) is 9.86. The smallest absolute Gasteiger partial charge is 0.263 e. The van der Waals surface area contributed by atoms with Crippen molar-refractivity contribution in [1.29, 1.82) is 0 Å². The van der Waals surface area contributed by atoms with Crippen molar-refractivity contribution in [2.45, 2.75) is 38.0 Å². The molecule has 0 saturated carbocycles. The van der Waals surface area contributed by atoms with Crippen LogP contribution in [-0.4, -0.2) is 51.7 Å². The summed E-state index contributed by atoms with van der Waals surface area (Å²) in [6.07, 6.45) is 5.13. The molecule has 1 N–H and O–H groups in total. The number of fused-ring (bicyclic) bond motifs is 1. The van der Waals surface area contributed by atoms with Crippen molar-refractivity contribution in [1.82, 2.24) is 9.88 Å². The third-order valence-corrected chi connectivity index (χ3v) is 9.67. The van der Waals surface area contributed by atoms with Gasteiger partial charge in [-0.3, -0.25) is 9.71 Å². The van der Waals surface area contributed by atoms with E-state index in [1.807, 2.05) is 19.1 Å². The lowest BCUT2D eigenvalue weighted by Gasteiger charge is -2.30. The number of ether oxygens (including phenoxy) is 3. The van der Waals surface area contributed by atoms with Crippen LogP contribution in [0.25, 0.3) is 10.9 Å². The molecule has 3 aromatic carbocycles. The number of nitrogens with zero attached hydrogens (tertiary/aromatic N) is 2. The first-order valence-electron chi connectivity index (χ1n) is 14.2. The van der Waals surface area contributed by atoms with Crippen molar-refractivity contribution >= 4 is 49.8 Å². The van der Waals surface area contributed by atoms with Gasteiger partial charge in [0, 0.05) is 34.9 Å². The van der Waals surface area contributed by atoms with Crippen LogP contribution >= 0.6 is 23.2 Å². The number of piperidine rings is 1. The van der Waals surface area contributed by atoms with Crippen LogP contribution < -0.4 is 18.9 Å². The first kappa shape index (κ1) is 31.2. The fourth-order valence-electron chi connectivity index (χ4n) is 5.08. The molecule has 228 valence electrons. The third-order valence-electron chi connectivity index (χ3n) is 7.57. The van der Waals surface area contributed by atoms with Gasteiger partial charge in [0.2, 0.25) is 0 Å². The molecule has 0 bridgehead atoms. The maximum Gasteiger partial charge on any atom is 0.263 e. The Hall–Kier alpha value is -3.24. The lowest BCUT2D eigenvalue weighted by molar-refractivity contribution is 0.176. The molecule has 1 fully saturated rings. The van der Waals surface area contributed by atoms with Gasteiger partial charge in [0.1, 0.15) is 16.4 Å². The monoisotopic (exact) mass is 643 g/mol. The minimum atomic E-state index is -3.96. The molecule has 8 nitrogen and oxygen atoms in total. The highest BCUT2D eigenvalue weighted by Gasteiger charge is 2.20. The Morgan fingerprint density at radius 3 is 2.51 bits per heavy atom. The summed E-state index contributed by atoms with van der Waals surface area (Å²) < 4.78 is 46.5. The first-order chi connectivity index (χ1) is 20.6. The van der Waals surface area contributed by atoms with Crippen LogP contribution in [0.2, 0.25) is 10.0 Å². The second-order valence-electron chi connectivity index (χ2n) is 10.8. The quantitative estimate of drug-likeness (QED) is 0.166. The predicted octanol–water partition coefficient (Wildman–Crippen LogP) is 7.95. The molecule has 0 radical (unpaired) electrons. The number of anilines is 1. The van der Waals surface area contributed by atoms with Crippen LogP contribution in [0.1, 0.15) is 31.7 Å². The summed E-state index contributed by atoms with van der Waals surface area (Å²) in [6.45, 7) is 8.07. The number of pyridine rings is 1. The third kappa shape index (κ3) is 7.65. The van der Waals surface area contributed by atoms with Crippen LogP contribution in [0.4, 0.5) is 5.69 Å². The number of benzene rings is 3. The van der Waals surface area contributed by atoms with Crippen molar-refractivity contribution in [3.8, 4) is 23.0 Å². The molecule has 0 atom stereocenters. The van der Waals surface area contributed by atoms with Crippen molar-refractivity contribution in [3.05, 3.63) is 76.4 Å². The van der Waals surface area contributed by atoms with E-state index >= 15 is 0 Å². The molecule has 1 aliphatic rings. The summed E-state index contributed by atoms with van der Waals surface area (Å²) in [7, 11) is -2.34. The van der Waals surface area contributed by atoms with Crippen LogP contribution in [0, 0.1) is 12.8 Å². The van der Waals surface area contributed by atoms with E-state index in [1.54, 1.807) is 37.6 Å². The average Bonchev–Trinajstić information content (AvgIpc) is 2.98. The highest BCUT2D eigenvalue weighted by molar-refractivity contribution is 7.92. The molecule has 0 aliphatic carbocycles. The number of methoxy groups -OCH3 is 1. The van der Waals surface area contributed by atoms with Gasteiger partial charge in [-0.15, -0.1) is 0 Å². The molecule has 1 saturated heterocycles. The number of aryl methyl sites for hydroxylation is 1. The molecule has 0 amide bonds. The van der Waals surface area contributed by atoms with E-state index in [2.05, 4.69) is 21.5 Å². The number of likely N-dealkylation sites (tertiary alicyclic amines) is 1. The maximum absolute atomic E-state index is 12.9. The van der Waals surface area contributed by atoms with Crippen molar-refractivity contribution in [3.63, 3.8) is 0 Å². The zero-order chi connectivity index (χ0) is 30.6. The van der Waals surface area contributed by atoms with E-state index < -0.39 is 10.0 Å². The van der Waals surface area contributed by atoms with Crippen LogP contribution in [0.3, 0.4) is 0 Å². The fraction of sp³-hybridized carbons (Fsp3) is 0.344. The number of aromatic nitrogens is 1. The SMILES string of the molecule is COc1cc2c(Oc3ccc(NS(=O)(=O)c4cc(Cl)ccc4Cl)cc3C)ccnc2cc1OCCCN1CCC(C)CC1. The Balaban J connectivity index is 1.28. The molecule has 2 heterocycles. The summed E-state index contributed by atoms with van der Waals surface area (Å²) in [5, 5.41) is 1.11. The lowest BCUT2D eigenvalue weighted by Crippen LogP contribution is -2.34. The fourth-order valence-corrected chi connectivity index (χ4v) is 6.90. The molecule has 4 aromatic rings. The Bertz CT molecular complexity index is 1710. The Labute approximate surface area is 262 Å². The van der Waals surface area contributed by atoms with Crippen LogP contribution in [0.15, 0.2) is 65.7 Å². The number of nitrogens with one attached hydrogen (secondary N) is 1. The van der Waals surface area contributed by atoms with E-state index in [1.165, 1.54) is 31.0 Å². The van der Waals surface area contributed by atoms with Gasteiger partial charge in [0.15, 0.2) is 11.5 Å². The van der Waals surface area contributed by atoms with Crippen LogP contribution in [0.5, 0.6) is 23.0 Å². The highest BCUT2D eigenvalue weighted by Crippen LogP contribution is 2.38. The van der Waals surface area contributed by atoms with Gasteiger partial charge < -0.3 is 19.1 Å². The molecule has 11 heteroatoms. The van der Waals surface area contributed by atoms with Gasteiger partial charge in [-0.1, -0.05) is 30.1 Å². The molecule has 5 rings (SSSR count). The Morgan fingerprint density at radius 1 is 0.977 bits per heavy atom. The van der Waals surface area contributed by atoms with Gasteiger partial charge in [0.05, 0.1) is 24.3 Å². The standard InChI is InChI=1S/C32H35Cl2N3O5S/c1-21-10-14-37(15-11-21)13-4-16-41-31-20-27-25(19-30(31)40-3)29(9-12-35-27)42-28-8-6-24(17-22(28)2)36-43(38,39)32-18-23(33)5-7-26(32)34/h5-9,12,17-21,36H,4,10-11,13-16H2,1-3H3. The second kappa shape index (κ2) is 13.6. The predicted molar refractivity (Wildman–Crippen MR) is 172 cm³/mol. The zero-order valence-electron chi connectivity index (χ0n) is 24.4. The van der Waals surface area contributed by atoms with E-state index in [9.17, 15) is 8.42 Å². The van der Waals surface area contributed by atoms with Gasteiger partial charge in [-0.2, -0.15) is 0 Å². The molecular formula is C32H35Cl2N3O5S. The molecular weight excluding hydrogens is 609 g/mol. The summed E-state index contributed by atoms with van der Waals surface area (Å²) in [4.78, 5) is 6.93. The minimum absolute atomic E-state index is 0.0780. The largest absolute Gasteiger partial charge is 0.493 e. The van der Waals surface area contributed by atoms with Gasteiger partial charge in [-0.25, -0.2) is 8.42 Å². The first-order valence-corrected chi connectivity index (χ1v) is 16.4. The van der Waals surface area contributed by atoms with Crippen molar-refractivity contribution < 1.29 is 22.6 Å². The number of sulfonamides is 1. The molecule has 0 unspecified atom stereocenters. The van der Waals surface area contributed by atoms with E-state index in [0.717, 1.165) is 42.9 Å². The second-order valence-corrected chi connectivity index (χ2v) is 13.3. The maximum atomic E-state index is 12.9. The molecule has 1 aromatic heterocycles.